The maximum Gasteiger partial charge on any atom is 0.273 e. The van der Waals surface area contributed by atoms with Gasteiger partial charge >= 0.3 is 0 Å². The number of halogens is 3. The van der Waals surface area contributed by atoms with Crippen molar-refractivity contribution >= 4 is 41.5 Å². The van der Waals surface area contributed by atoms with Crippen LogP contribution in [0.5, 0.6) is 0 Å². The molecule has 0 radical (unpaired) electrons. The standard InChI is InChI=1S/C18H23Cl2N5O.ClH/c1-18(2,16-13(19)4-3-5-14(16)20)11-22-17(26)15-10-25(24-23-15)12-6-8-21-9-7-12;/h3-5,10,12,21H,6-9,11H2,1-2H3,(H,22,26);1H. The van der Waals surface area contributed by atoms with E-state index in [1.54, 1.807) is 23.0 Å². The van der Waals surface area contributed by atoms with Crippen molar-refractivity contribution in [3.05, 3.63) is 45.7 Å². The molecule has 1 amide bonds. The number of aromatic nitrogens is 3. The molecule has 0 bridgehead atoms. The maximum absolute atomic E-state index is 12.5. The fourth-order valence-electron chi connectivity index (χ4n) is 3.26. The van der Waals surface area contributed by atoms with Gasteiger partial charge in [-0.25, -0.2) is 4.68 Å². The second-order valence-corrected chi connectivity index (χ2v) is 8.04. The molecule has 0 spiro atoms. The predicted molar refractivity (Wildman–Crippen MR) is 110 cm³/mol. The Kier molecular flexibility index (Phi) is 7.51. The molecular formula is C18H24Cl3N5O. The molecule has 1 aromatic heterocycles. The first kappa shape index (κ1) is 22.0. The molecule has 1 aliphatic rings. The van der Waals surface area contributed by atoms with Gasteiger partial charge in [0.15, 0.2) is 5.69 Å². The SMILES string of the molecule is CC(C)(CNC(=O)c1cn(C2CCNCC2)nn1)c1c(Cl)cccc1Cl.Cl. The van der Waals surface area contributed by atoms with E-state index in [0.29, 0.717) is 28.3 Å². The smallest absolute Gasteiger partial charge is 0.273 e. The third-order valence-electron chi connectivity index (χ3n) is 4.76. The Morgan fingerprint density at radius 2 is 1.93 bits per heavy atom. The van der Waals surface area contributed by atoms with Crippen LogP contribution in [0.15, 0.2) is 24.4 Å². The lowest BCUT2D eigenvalue weighted by molar-refractivity contribution is 0.0940. The van der Waals surface area contributed by atoms with Crippen molar-refractivity contribution in [2.24, 2.45) is 0 Å². The second kappa shape index (κ2) is 9.24. The second-order valence-electron chi connectivity index (χ2n) is 7.23. The van der Waals surface area contributed by atoms with E-state index in [-0.39, 0.29) is 18.3 Å². The predicted octanol–water partition coefficient (Wildman–Crippen LogP) is 3.64. The quantitative estimate of drug-likeness (QED) is 0.756. The number of hydrogen-bond donors (Lipinski definition) is 2. The third-order valence-corrected chi connectivity index (χ3v) is 5.39. The molecule has 9 heteroatoms. The number of benzene rings is 1. The number of rotatable bonds is 5. The Morgan fingerprint density at radius 1 is 1.30 bits per heavy atom. The van der Waals surface area contributed by atoms with Crippen LogP contribution in [0.3, 0.4) is 0 Å². The van der Waals surface area contributed by atoms with Gasteiger partial charge in [-0.1, -0.05) is 48.3 Å². The first-order valence-electron chi connectivity index (χ1n) is 8.74. The largest absolute Gasteiger partial charge is 0.350 e. The molecule has 148 valence electrons. The van der Waals surface area contributed by atoms with Gasteiger partial charge in [0.2, 0.25) is 0 Å². The van der Waals surface area contributed by atoms with Gasteiger partial charge in [-0.15, -0.1) is 17.5 Å². The third kappa shape index (κ3) is 5.13. The van der Waals surface area contributed by atoms with E-state index >= 15 is 0 Å². The lowest BCUT2D eigenvalue weighted by Crippen LogP contribution is -2.37. The number of piperidine rings is 1. The fourth-order valence-corrected chi connectivity index (χ4v) is 4.16. The molecule has 27 heavy (non-hydrogen) atoms. The van der Waals surface area contributed by atoms with Crippen molar-refractivity contribution in [3.63, 3.8) is 0 Å². The van der Waals surface area contributed by atoms with Crippen molar-refractivity contribution in [2.45, 2.75) is 38.1 Å². The molecule has 1 aromatic carbocycles. The number of carbonyl (C=O) groups excluding carboxylic acids is 1. The minimum absolute atomic E-state index is 0. The minimum atomic E-state index is -0.421. The summed E-state index contributed by atoms with van der Waals surface area (Å²) >= 11 is 12.6. The Morgan fingerprint density at radius 3 is 2.56 bits per heavy atom. The van der Waals surface area contributed by atoms with Crippen molar-refractivity contribution in [1.82, 2.24) is 25.6 Å². The number of hydrogen-bond acceptors (Lipinski definition) is 4. The average molecular weight is 433 g/mol. The summed E-state index contributed by atoms with van der Waals surface area (Å²) in [6.07, 6.45) is 3.70. The molecule has 6 nitrogen and oxygen atoms in total. The fraction of sp³-hybridized carbons (Fsp3) is 0.500. The molecule has 0 unspecified atom stereocenters. The first-order valence-corrected chi connectivity index (χ1v) is 9.49. The van der Waals surface area contributed by atoms with Crippen LogP contribution >= 0.6 is 35.6 Å². The number of amides is 1. The molecule has 2 N–H and O–H groups in total. The first-order chi connectivity index (χ1) is 12.4. The Bertz CT molecular complexity index is 767. The van der Waals surface area contributed by atoms with E-state index in [0.717, 1.165) is 31.5 Å². The van der Waals surface area contributed by atoms with Crippen LogP contribution in [0.1, 0.15) is 48.8 Å². The van der Waals surface area contributed by atoms with E-state index < -0.39 is 5.41 Å². The summed E-state index contributed by atoms with van der Waals surface area (Å²) in [6, 6.07) is 5.71. The number of nitrogens with one attached hydrogen (secondary N) is 2. The zero-order chi connectivity index (χ0) is 18.7. The van der Waals surface area contributed by atoms with Crippen LogP contribution in [0, 0.1) is 0 Å². The topological polar surface area (TPSA) is 71.8 Å². The van der Waals surface area contributed by atoms with Crippen molar-refractivity contribution < 1.29 is 4.79 Å². The highest BCUT2D eigenvalue weighted by Crippen LogP contribution is 2.35. The maximum atomic E-state index is 12.5. The molecule has 0 atom stereocenters. The van der Waals surface area contributed by atoms with E-state index in [4.69, 9.17) is 23.2 Å². The van der Waals surface area contributed by atoms with E-state index in [1.807, 2.05) is 19.9 Å². The molecule has 2 aromatic rings. The van der Waals surface area contributed by atoms with E-state index in [9.17, 15) is 4.79 Å². The van der Waals surface area contributed by atoms with Gasteiger partial charge in [-0.2, -0.15) is 0 Å². The van der Waals surface area contributed by atoms with Gasteiger partial charge in [-0.05, 0) is 43.6 Å². The molecule has 0 aliphatic carbocycles. The van der Waals surface area contributed by atoms with Gasteiger partial charge in [0.25, 0.3) is 5.91 Å². The monoisotopic (exact) mass is 431 g/mol. The van der Waals surface area contributed by atoms with Gasteiger partial charge in [-0.3, -0.25) is 4.79 Å². The van der Waals surface area contributed by atoms with Crippen molar-refractivity contribution in [1.29, 1.82) is 0 Å². The lowest BCUT2D eigenvalue weighted by atomic mass is 9.84. The van der Waals surface area contributed by atoms with Gasteiger partial charge in [0.1, 0.15) is 0 Å². The number of nitrogens with zero attached hydrogens (tertiary/aromatic N) is 3. The Labute approximate surface area is 175 Å². The summed E-state index contributed by atoms with van der Waals surface area (Å²) in [7, 11) is 0. The van der Waals surface area contributed by atoms with Gasteiger partial charge < -0.3 is 10.6 Å². The molecule has 1 aliphatic heterocycles. The molecular weight excluding hydrogens is 409 g/mol. The highest BCUT2D eigenvalue weighted by molar-refractivity contribution is 6.36. The molecule has 0 saturated carbocycles. The lowest BCUT2D eigenvalue weighted by Gasteiger charge is -2.27. The summed E-state index contributed by atoms with van der Waals surface area (Å²) in [5.74, 6) is -0.249. The highest BCUT2D eigenvalue weighted by atomic mass is 35.5. The van der Waals surface area contributed by atoms with Crippen molar-refractivity contribution in [2.75, 3.05) is 19.6 Å². The van der Waals surface area contributed by atoms with Crippen LogP contribution in [-0.2, 0) is 5.41 Å². The van der Waals surface area contributed by atoms with E-state index in [2.05, 4.69) is 20.9 Å². The summed E-state index contributed by atoms with van der Waals surface area (Å²) in [5.41, 5.74) is 0.724. The molecule has 2 heterocycles. The van der Waals surface area contributed by atoms with Crippen LogP contribution in [0.2, 0.25) is 10.0 Å². The average Bonchev–Trinajstić information content (AvgIpc) is 3.10. The van der Waals surface area contributed by atoms with Crippen LogP contribution in [-0.4, -0.2) is 40.5 Å². The van der Waals surface area contributed by atoms with Crippen LogP contribution < -0.4 is 10.6 Å². The Balaban J connectivity index is 0.00000261. The Hall–Kier alpha value is -1.34. The van der Waals surface area contributed by atoms with Crippen LogP contribution in [0.4, 0.5) is 0 Å². The van der Waals surface area contributed by atoms with Crippen LogP contribution in [0.25, 0.3) is 0 Å². The zero-order valence-electron chi connectivity index (χ0n) is 15.3. The highest BCUT2D eigenvalue weighted by Gasteiger charge is 2.27. The normalized spacial score (nSPS) is 15.3. The summed E-state index contributed by atoms with van der Waals surface area (Å²) in [4.78, 5) is 12.5. The van der Waals surface area contributed by atoms with E-state index in [1.165, 1.54) is 0 Å². The number of carbonyl (C=O) groups is 1. The summed E-state index contributed by atoms with van der Waals surface area (Å²) in [5, 5.41) is 15.6. The minimum Gasteiger partial charge on any atom is -0.350 e. The summed E-state index contributed by atoms with van der Waals surface area (Å²) < 4.78 is 1.80. The molecule has 1 fully saturated rings. The van der Waals surface area contributed by atoms with Gasteiger partial charge in [0, 0.05) is 22.0 Å². The van der Waals surface area contributed by atoms with Gasteiger partial charge in [0.05, 0.1) is 12.2 Å². The van der Waals surface area contributed by atoms with Crippen molar-refractivity contribution in [3.8, 4) is 0 Å². The zero-order valence-corrected chi connectivity index (χ0v) is 17.7. The molecule has 1 saturated heterocycles. The molecule has 3 rings (SSSR count). The summed E-state index contributed by atoms with van der Waals surface area (Å²) in [6.45, 7) is 6.28.